The summed E-state index contributed by atoms with van der Waals surface area (Å²) in [7, 11) is -6.11. The van der Waals surface area contributed by atoms with Crippen LogP contribution in [0.5, 0.6) is 0 Å². The van der Waals surface area contributed by atoms with Crippen molar-refractivity contribution in [1.82, 2.24) is 9.78 Å². The average molecular weight is 542 g/mol. The molecule has 3 aromatic carbocycles. The molecule has 37 heavy (non-hydrogen) atoms. The van der Waals surface area contributed by atoms with E-state index in [9.17, 15) is 26.0 Å². The fourth-order valence-electron chi connectivity index (χ4n) is 4.07. The van der Waals surface area contributed by atoms with E-state index in [0.717, 1.165) is 10.6 Å². The lowest BCUT2D eigenvalue weighted by Gasteiger charge is -2.27. The highest BCUT2D eigenvalue weighted by molar-refractivity contribution is 7.93. The van der Waals surface area contributed by atoms with E-state index in [0.29, 0.717) is 16.9 Å². The molecular weight excluding hydrogens is 521 g/mol. The molecule has 0 spiro atoms. The lowest BCUT2D eigenvalue weighted by atomic mass is 10.1. The number of hydrogen-bond acceptors (Lipinski definition) is 6. The molecule has 0 unspecified atom stereocenters. The predicted octanol–water partition coefficient (Wildman–Crippen LogP) is 3.44. The van der Waals surface area contributed by atoms with Gasteiger partial charge in [-0.05, 0) is 48.5 Å². The third-order valence-corrected chi connectivity index (χ3v) is 8.11. The van der Waals surface area contributed by atoms with Gasteiger partial charge in [-0.1, -0.05) is 24.3 Å². The van der Waals surface area contributed by atoms with Crippen molar-refractivity contribution < 1.29 is 26.0 Å². The second-order valence-electron chi connectivity index (χ2n) is 8.31. The largest absolute Gasteiger partial charge is 0.303 e. The molecule has 1 amide bonds. The fraction of sp³-hybridized carbons (Fsp3) is 0.0833. The number of sulfonamides is 2. The molecule has 0 radical (unpaired) electrons. The van der Waals surface area contributed by atoms with Gasteiger partial charge in [-0.3, -0.25) is 13.8 Å². The second-order valence-corrected chi connectivity index (χ2v) is 12.0. The number of nitrogens with one attached hydrogen (secondary N) is 2. The van der Waals surface area contributed by atoms with E-state index in [1.165, 1.54) is 60.3 Å². The number of carbonyl (C=O) groups is 1. The van der Waals surface area contributed by atoms with E-state index < -0.39 is 31.8 Å². The van der Waals surface area contributed by atoms with Crippen molar-refractivity contribution in [2.75, 3.05) is 27.6 Å². The van der Waals surface area contributed by atoms with E-state index >= 15 is 0 Å². The van der Waals surface area contributed by atoms with E-state index in [-0.39, 0.29) is 27.7 Å². The van der Waals surface area contributed by atoms with E-state index in [2.05, 4.69) is 15.1 Å². The Morgan fingerprint density at radius 3 is 2.38 bits per heavy atom. The number of nitrogens with zero attached hydrogens (tertiary/aromatic N) is 3. The van der Waals surface area contributed by atoms with Crippen molar-refractivity contribution >= 4 is 43.1 Å². The number of rotatable bonds is 5. The van der Waals surface area contributed by atoms with Gasteiger partial charge in [0.1, 0.15) is 17.2 Å². The number of amides is 1. The first-order valence-corrected chi connectivity index (χ1v) is 14.2. The number of anilines is 3. The third kappa shape index (κ3) is 4.42. The molecule has 1 aliphatic rings. The summed E-state index contributed by atoms with van der Waals surface area (Å²) in [4.78, 5) is 13.1. The Labute approximate surface area is 212 Å². The Morgan fingerprint density at radius 2 is 1.70 bits per heavy atom. The third-order valence-electron chi connectivity index (χ3n) is 5.69. The number of hydrogen-bond donors (Lipinski definition) is 2. The van der Waals surface area contributed by atoms with Crippen LogP contribution in [-0.4, -0.2) is 45.8 Å². The van der Waals surface area contributed by atoms with Gasteiger partial charge < -0.3 is 5.32 Å². The lowest BCUT2D eigenvalue weighted by molar-refractivity contribution is 0.102. The highest BCUT2D eigenvalue weighted by Crippen LogP contribution is 2.47. The molecule has 190 valence electrons. The summed E-state index contributed by atoms with van der Waals surface area (Å²) in [5, 5.41) is 7.12. The van der Waals surface area contributed by atoms with Crippen LogP contribution in [0.15, 0.2) is 77.7 Å². The first-order chi connectivity index (χ1) is 17.5. The molecule has 1 aliphatic heterocycles. The van der Waals surface area contributed by atoms with Crippen LogP contribution >= 0.6 is 0 Å². The minimum Gasteiger partial charge on any atom is -0.303 e. The zero-order valence-electron chi connectivity index (χ0n) is 19.5. The Balaban J connectivity index is 1.63. The summed E-state index contributed by atoms with van der Waals surface area (Å²) in [6.45, 7) is 0. The number of benzene rings is 3. The molecule has 0 fully saturated rings. The number of fused-ring (bicyclic) bond motifs is 3. The quantitative estimate of drug-likeness (QED) is 0.398. The average Bonchev–Trinajstić information content (AvgIpc) is 3.21. The molecule has 0 saturated heterocycles. The predicted molar refractivity (Wildman–Crippen MR) is 137 cm³/mol. The van der Waals surface area contributed by atoms with Gasteiger partial charge in [0.05, 0.1) is 16.8 Å². The standard InChI is InChI=1S/C24H20FN5O5S2/c1-29-22-21(19-8-3-4-9-20(19)37(29,34)35)30(18-7-5-6-16(25)14-18)27-23(22)26-24(31)15-10-12-17(13-11-15)28-36(2,32)33/h3-14,28H,1-2H3,(H,26,27,31). The van der Waals surface area contributed by atoms with Crippen LogP contribution in [0.2, 0.25) is 0 Å². The summed E-state index contributed by atoms with van der Waals surface area (Å²) < 4.78 is 68.3. The second kappa shape index (κ2) is 8.71. The normalized spacial score (nSPS) is 14.0. The summed E-state index contributed by atoms with van der Waals surface area (Å²) in [5.41, 5.74) is 1.61. The van der Waals surface area contributed by atoms with Gasteiger partial charge in [0.15, 0.2) is 5.82 Å². The zero-order valence-corrected chi connectivity index (χ0v) is 21.1. The van der Waals surface area contributed by atoms with Crippen molar-refractivity contribution in [2.45, 2.75) is 4.90 Å². The van der Waals surface area contributed by atoms with Gasteiger partial charge in [-0.25, -0.2) is 25.9 Å². The van der Waals surface area contributed by atoms with Crippen LogP contribution in [0.3, 0.4) is 0 Å². The highest BCUT2D eigenvalue weighted by Gasteiger charge is 2.38. The van der Waals surface area contributed by atoms with E-state index in [4.69, 9.17) is 0 Å². The van der Waals surface area contributed by atoms with Gasteiger partial charge >= 0.3 is 0 Å². The van der Waals surface area contributed by atoms with Gasteiger partial charge in [-0.2, -0.15) is 0 Å². The molecule has 0 atom stereocenters. The van der Waals surface area contributed by atoms with Crippen LogP contribution in [0.4, 0.5) is 21.6 Å². The van der Waals surface area contributed by atoms with E-state index in [1.54, 1.807) is 24.3 Å². The lowest BCUT2D eigenvalue weighted by Crippen LogP contribution is -2.31. The van der Waals surface area contributed by atoms with Crippen LogP contribution in [0.1, 0.15) is 10.4 Å². The molecule has 1 aromatic heterocycles. The minimum atomic E-state index is -3.97. The monoisotopic (exact) mass is 541 g/mol. The molecule has 13 heteroatoms. The van der Waals surface area contributed by atoms with Crippen LogP contribution in [-0.2, 0) is 20.0 Å². The SMILES string of the molecule is CN1c2c(NC(=O)c3ccc(NS(C)(=O)=O)cc3)nn(-c3cccc(F)c3)c2-c2ccccc2S1(=O)=O. The number of aromatic nitrogens is 2. The maximum atomic E-state index is 14.1. The maximum absolute atomic E-state index is 14.1. The molecule has 4 aromatic rings. The molecule has 2 heterocycles. The fourth-order valence-corrected chi connectivity index (χ4v) is 6.03. The summed E-state index contributed by atoms with van der Waals surface area (Å²) in [5.74, 6) is -1.18. The highest BCUT2D eigenvalue weighted by atomic mass is 32.2. The Hall–Kier alpha value is -4.23. The van der Waals surface area contributed by atoms with E-state index in [1.807, 2.05) is 0 Å². The van der Waals surface area contributed by atoms with Gasteiger partial charge in [0, 0.05) is 23.9 Å². The summed E-state index contributed by atoms with van der Waals surface area (Å²) in [6, 6.07) is 17.7. The van der Waals surface area contributed by atoms with Crippen molar-refractivity contribution in [3.8, 4) is 16.9 Å². The van der Waals surface area contributed by atoms with Crippen molar-refractivity contribution in [3.63, 3.8) is 0 Å². The zero-order chi connectivity index (χ0) is 26.5. The first-order valence-electron chi connectivity index (χ1n) is 10.8. The maximum Gasteiger partial charge on any atom is 0.264 e. The molecule has 0 aliphatic carbocycles. The number of carbonyl (C=O) groups excluding carboxylic acids is 1. The minimum absolute atomic E-state index is 0.0504. The summed E-state index contributed by atoms with van der Waals surface area (Å²) in [6.07, 6.45) is 1.01. The smallest absolute Gasteiger partial charge is 0.264 e. The topological polar surface area (TPSA) is 130 Å². The Morgan fingerprint density at radius 1 is 1.00 bits per heavy atom. The van der Waals surface area contributed by atoms with Gasteiger partial charge in [0.25, 0.3) is 15.9 Å². The van der Waals surface area contributed by atoms with Gasteiger partial charge in [-0.15, -0.1) is 5.10 Å². The first kappa shape index (κ1) is 24.5. The van der Waals surface area contributed by atoms with Crippen molar-refractivity contribution in [3.05, 3.63) is 84.2 Å². The molecule has 0 saturated carbocycles. The van der Waals surface area contributed by atoms with Gasteiger partial charge in [0.2, 0.25) is 10.0 Å². The Kier molecular flexibility index (Phi) is 5.76. The molecule has 0 bridgehead atoms. The number of halogens is 1. The molecular formula is C24H20FN5O5S2. The Bertz CT molecular complexity index is 1770. The molecule has 10 nitrogen and oxygen atoms in total. The van der Waals surface area contributed by atoms with Crippen LogP contribution in [0.25, 0.3) is 16.9 Å². The van der Waals surface area contributed by atoms with Crippen molar-refractivity contribution in [2.24, 2.45) is 0 Å². The molecule has 2 N–H and O–H groups in total. The molecule has 5 rings (SSSR count). The summed E-state index contributed by atoms with van der Waals surface area (Å²) >= 11 is 0. The van der Waals surface area contributed by atoms with Crippen LogP contribution < -0.4 is 14.3 Å². The van der Waals surface area contributed by atoms with Crippen molar-refractivity contribution in [1.29, 1.82) is 0 Å². The van der Waals surface area contributed by atoms with Crippen LogP contribution in [0, 0.1) is 5.82 Å².